The van der Waals surface area contributed by atoms with E-state index in [4.69, 9.17) is 21.8 Å². The second-order valence-electron chi connectivity index (χ2n) is 3.96. The summed E-state index contributed by atoms with van der Waals surface area (Å²) in [6.07, 6.45) is 0. The van der Waals surface area contributed by atoms with Gasteiger partial charge in [0, 0.05) is 9.50 Å². The van der Waals surface area contributed by atoms with E-state index in [1.54, 1.807) is 25.1 Å². The summed E-state index contributed by atoms with van der Waals surface area (Å²) in [7, 11) is 0. The fraction of sp³-hybridized carbons (Fsp3) is 0.364. The third-order valence-electron chi connectivity index (χ3n) is 2.29. The number of aliphatic hydroxyl groups is 2. The molecule has 0 unspecified atom stereocenters. The summed E-state index contributed by atoms with van der Waals surface area (Å²) in [6.45, 7) is 0.857. The molecular formula is C11H13BrClNO3. The Kier molecular flexibility index (Phi) is 4.94. The van der Waals surface area contributed by atoms with Gasteiger partial charge in [-0.1, -0.05) is 11.6 Å². The number of carbonyl (C=O) groups is 1. The SMILES string of the molecule is CC(CO)(CO)NC(=O)c1ccc(Cl)cc1Br. The quantitative estimate of drug-likeness (QED) is 0.788. The number of rotatable bonds is 4. The van der Waals surface area contributed by atoms with Crippen molar-refractivity contribution in [1.29, 1.82) is 0 Å². The van der Waals surface area contributed by atoms with Crippen LogP contribution >= 0.6 is 27.5 Å². The maximum atomic E-state index is 11.9. The lowest BCUT2D eigenvalue weighted by Gasteiger charge is -2.26. The molecule has 1 aromatic carbocycles. The summed E-state index contributed by atoms with van der Waals surface area (Å²) in [5.41, 5.74) is -0.654. The van der Waals surface area contributed by atoms with Crippen LogP contribution in [0.15, 0.2) is 22.7 Å². The monoisotopic (exact) mass is 321 g/mol. The van der Waals surface area contributed by atoms with Crippen molar-refractivity contribution in [3.8, 4) is 0 Å². The van der Waals surface area contributed by atoms with Crippen molar-refractivity contribution in [2.24, 2.45) is 0 Å². The van der Waals surface area contributed by atoms with Gasteiger partial charge in [-0.05, 0) is 41.1 Å². The molecular weight excluding hydrogens is 309 g/mol. The molecule has 6 heteroatoms. The molecule has 0 bridgehead atoms. The van der Waals surface area contributed by atoms with Gasteiger partial charge < -0.3 is 15.5 Å². The molecule has 4 nitrogen and oxygen atoms in total. The molecule has 0 aliphatic rings. The summed E-state index contributed by atoms with van der Waals surface area (Å²) in [5.74, 6) is -0.390. The summed E-state index contributed by atoms with van der Waals surface area (Å²) in [4.78, 5) is 11.9. The van der Waals surface area contributed by atoms with E-state index >= 15 is 0 Å². The molecule has 0 aromatic heterocycles. The second kappa shape index (κ2) is 5.82. The molecule has 0 radical (unpaired) electrons. The van der Waals surface area contributed by atoms with E-state index in [2.05, 4.69) is 21.2 Å². The zero-order valence-corrected chi connectivity index (χ0v) is 11.5. The lowest BCUT2D eigenvalue weighted by Crippen LogP contribution is -2.51. The van der Waals surface area contributed by atoms with Gasteiger partial charge in [0.05, 0.1) is 24.3 Å². The number of nitrogens with one attached hydrogen (secondary N) is 1. The van der Waals surface area contributed by atoms with E-state index in [0.29, 0.717) is 15.1 Å². The van der Waals surface area contributed by atoms with Gasteiger partial charge in [0.25, 0.3) is 5.91 Å². The van der Waals surface area contributed by atoms with Gasteiger partial charge in [0.2, 0.25) is 0 Å². The van der Waals surface area contributed by atoms with Crippen LogP contribution in [0.1, 0.15) is 17.3 Å². The van der Waals surface area contributed by atoms with E-state index in [1.165, 1.54) is 0 Å². The highest BCUT2D eigenvalue weighted by atomic mass is 79.9. The Morgan fingerprint density at radius 1 is 1.47 bits per heavy atom. The van der Waals surface area contributed by atoms with Crippen LogP contribution < -0.4 is 5.32 Å². The zero-order chi connectivity index (χ0) is 13.1. The van der Waals surface area contributed by atoms with Crippen LogP contribution in [0.2, 0.25) is 5.02 Å². The molecule has 0 spiro atoms. The minimum Gasteiger partial charge on any atom is -0.394 e. The Bertz CT molecular complexity index is 421. The smallest absolute Gasteiger partial charge is 0.253 e. The number of hydrogen-bond acceptors (Lipinski definition) is 3. The number of carbonyl (C=O) groups excluding carboxylic acids is 1. The van der Waals surface area contributed by atoms with Crippen LogP contribution in [0, 0.1) is 0 Å². The summed E-state index contributed by atoms with van der Waals surface area (Å²) >= 11 is 9.00. The van der Waals surface area contributed by atoms with Crippen molar-refractivity contribution in [1.82, 2.24) is 5.32 Å². The molecule has 1 amide bonds. The van der Waals surface area contributed by atoms with Crippen molar-refractivity contribution in [2.75, 3.05) is 13.2 Å². The van der Waals surface area contributed by atoms with E-state index in [9.17, 15) is 4.79 Å². The predicted molar refractivity (Wildman–Crippen MR) is 69.2 cm³/mol. The van der Waals surface area contributed by atoms with Crippen LogP contribution in [-0.2, 0) is 0 Å². The van der Waals surface area contributed by atoms with Gasteiger partial charge in [-0.3, -0.25) is 4.79 Å². The largest absolute Gasteiger partial charge is 0.394 e. The lowest BCUT2D eigenvalue weighted by atomic mass is 10.0. The van der Waals surface area contributed by atoms with E-state index in [0.717, 1.165) is 0 Å². The molecule has 0 saturated carbocycles. The van der Waals surface area contributed by atoms with Crippen molar-refractivity contribution in [3.63, 3.8) is 0 Å². The van der Waals surface area contributed by atoms with Gasteiger partial charge in [-0.25, -0.2) is 0 Å². The van der Waals surface area contributed by atoms with Gasteiger partial charge in [-0.15, -0.1) is 0 Å². The van der Waals surface area contributed by atoms with Crippen LogP contribution in [-0.4, -0.2) is 34.9 Å². The van der Waals surface area contributed by atoms with E-state index in [-0.39, 0.29) is 19.1 Å². The molecule has 0 atom stereocenters. The number of amides is 1. The Morgan fingerprint density at radius 3 is 2.53 bits per heavy atom. The molecule has 3 N–H and O–H groups in total. The molecule has 17 heavy (non-hydrogen) atoms. The van der Waals surface area contributed by atoms with Crippen molar-refractivity contribution < 1.29 is 15.0 Å². The highest BCUT2D eigenvalue weighted by Crippen LogP contribution is 2.22. The van der Waals surface area contributed by atoms with Gasteiger partial charge in [0.15, 0.2) is 0 Å². The summed E-state index contributed by atoms with van der Waals surface area (Å²) < 4.78 is 0.556. The van der Waals surface area contributed by atoms with Crippen molar-refractivity contribution in [2.45, 2.75) is 12.5 Å². The first kappa shape index (κ1) is 14.4. The van der Waals surface area contributed by atoms with Gasteiger partial charge in [0.1, 0.15) is 0 Å². The lowest BCUT2D eigenvalue weighted by molar-refractivity contribution is 0.0723. The minimum absolute atomic E-state index is 0.347. The van der Waals surface area contributed by atoms with Crippen molar-refractivity contribution in [3.05, 3.63) is 33.3 Å². The molecule has 1 rings (SSSR count). The Balaban J connectivity index is 2.90. The van der Waals surface area contributed by atoms with Crippen LogP contribution in [0.5, 0.6) is 0 Å². The Hall–Kier alpha value is -0.620. The van der Waals surface area contributed by atoms with Crippen LogP contribution in [0.3, 0.4) is 0 Å². The molecule has 0 aliphatic carbocycles. The standard InChI is InChI=1S/C11H13BrClNO3/c1-11(5-15,6-16)14-10(17)8-3-2-7(13)4-9(8)12/h2-4,15-16H,5-6H2,1H3,(H,14,17). The highest BCUT2D eigenvalue weighted by molar-refractivity contribution is 9.10. The number of benzene rings is 1. The fourth-order valence-corrected chi connectivity index (χ4v) is 2.01. The minimum atomic E-state index is -1.05. The fourth-order valence-electron chi connectivity index (χ4n) is 1.14. The van der Waals surface area contributed by atoms with Crippen LogP contribution in [0.4, 0.5) is 0 Å². The van der Waals surface area contributed by atoms with E-state index in [1.807, 2.05) is 0 Å². The normalized spacial score (nSPS) is 11.4. The van der Waals surface area contributed by atoms with E-state index < -0.39 is 5.54 Å². The molecule has 0 aliphatic heterocycles. The third-order valence-corrected chi connectivity index (χ3v) is 3.18. The topological polar surface area (TPSA) is 69.6 Å². The summed E-state index contributed by atoms with van der Waals surface area (Å²) in [5, 5.41) is 21.2. The summed E-state index contributed by atoms with van der Waals surface area (Å²) in [6, 6.07) is 4.76. The average Bonchev–Trinajstić information content (AvgIpc) is 2.28. The number of halogens is 2. The Morgan fingerprint density at radius 2 is 2.06 bits per heavy atom. The Labute approximate surface area is 113 Å². The molecule has 0 heterocycles. The predicted octanol–water partition coefficient (Wildman–Crippen LogP) is 1.58. The van der Waals surface area contributed by atoms with Crippen molar-refractivity contribution >= 4 is 33.4 Å². The highest BCUT2D eigenvalue weighted by Gasteiger charge is 2.25. The van der Waals surface area contributed by atoms with Gasteiger partial charge in [-0.2, -0.15) is 0 Å². The number of aliphatic hydroxyl groups excluding tert-OH is 2. The molecule has 1 aromatic rings. The maximum Gasteiger partial charge on any atom is 0.253 e. The first-order valence-corrected chi connectivity index (χ1v) is 6.08. The second-order valence-corrected chi connectivity index (χ2v) is 5.25. The van der Waals surface area contributed by atoms with Gasteiger partial charge >= 0.3 is 0 Å². The molecule has 94 valence electrons. The van der Waals surface area contributed by atoms with Crippen LogP contribution in [0.25, 0.3) is 0 Å². The maximum absolute atomic E-state index is 11.9. The molecule has 0 fully saturated rings. The first-order chi connectivity index (χ1) is 7.91. The average molecular weight is 323 g/mol. The zero-order valence-electron chi connectivity index (χ0n) is 9.20. The number of hydrogen-bond donors (Lipinski definition) is 3. The first-order valence-electron chi connectivity index (χ1n) is 4.91. The third kappa shape index (κ3) is 3.67. The molecule has 0 saturated heterocycles.